The highest BCUT2D eigenvalue weighted by Crippen LogP contribution is 2.18. The summed E-state index contributed by atoms with van der Waals surface area (Å²) in [5.41, 5.74) is 1.75. The lowest BCUT2D eigenvalue weighted by molar-refractivity contribution is -0.135. The van der Waals surface area contributed by atoms with Crippen LogP contribution in [-0.2, 0) is 11.3 Å². The molecule has 5 nitrogen and oxygen atoms in total. The third kappa shape index (κ3) is 5.02. The van der Waals surface area contributed by atoms with E-state index in [0.717, 1.165) is 37.3 Å². The summed E-state index contributed by atoms with van der Waals surface area (Å²) < 4.78 is 31.6. The van der Waals surface area contributed by atoms with Gasteiger partial charge in [-0.05, 0) is 29.8 Å². The van der Waals surface area contributed by atoms with E-state index < -0.39 is 11.6 Å². The van der Waals surface area contributed by atoms with Gasteiger partial charge in [0.05, 0.1) is 11.6 Å². The van der Waals surface area contributed by atoms with Crippen LogP contribution < -0.4 is 4.74 Å². The second-order valence-electron chi connectivity index (χ2n) is 6.33. The van der Waals surface area contributed by atoms with Gasteiger partial charge in [-0.15, -0.1) is 0 Å². The first-order valence-electron chi connectivity index (χ1n) is 8.62. The molecule has 1 saturated heterocycles. The Bertz CT molecular complexity index is 841. The minimum atomic E-state index is -0.824. The van der Waals surface area contributed by atoms with Gasteiger partial charge in [-0.2, -0.15) is 5.26 Å². The number of hydrogen-bond donors (Lipinski definition) is 0. The zero-order valence-corrected chi connectivity index (χ0v) is 14.7. The maximum atomic E-state index is 13.5. The predicted molar refractivity (Wildman–Crippen MR) is 94.9 cm³/mol. The summed E-state index contributed by atoms with van der Waals surface area (Å²) in [6.45, 7) is 3.03. The van der Waals surface area contributed by atoms with Gasteiger partial charge in [0.25, 0.3) is 5.91 Å². The number of halogens is 2. The van der Waals surface area contributed by atoms with Gasteiger partial charge in [0.2, 0.25) is 0 Å². The molecule has 0 radical (unpaired) electrons. The normalized spacial score (nSPS) is 14.6. The summed E-state index contributed by atoms with van der Waals surface area (Å²) in [7, 11) is 0. The number of hydrogen-bond acceptors (Lipinski definition) is 4. The minimum absolute atomic E-state index is 0.135. The van der Waals surface area contributed by atoms with Gasteiger partial charge in [0.15, 0.2) is 18.2 Å². The second kappa shape index (κ2) is 8.60. The Morgan fingerprint density at radius 1 is 1.07 bits per heavy atom. The van der Waals surface area contributed by atoms with E-state index in [1.54, 1.807) is 17.0 Å². The van der Waals surface area contributed by atoms with Gasteiger partial charge in [0, 0.05) is 38.8 Å². The SMILES string of the molecule is N#Cc1ccc(CN2CCN(C(=O)COc3ccc(F)cc3F)CC2)cc1. The second-order valence-corrected chi connectivity index (χ2v) is 6.33. The van der Waals surface area contributed by atoms with Crippen molar-refractivity contribution in [1.82, 2.24) is 9.80 Å². The standard InChI is InChI=1S/C20H19F2N3O2/c21-17-5-6-19(18(22)11-17)27-14-20(26)25-9-7-24(8-10-25)13-16-3-1-15(12-23)2-4-16/h1-6,11H,7-10,13-14H2. The molecule has 27 heavy (non-hydrogen) atoms. The molecule has 7 heteroatoms. The van der Waals surface area contributed by atoms with Gasteiger partial charge in [-0.3, -0.25) is 9.69 Å². The monoisotopic (exact) mass is 371 g/mol. The Balaban J connectivity index is 1.45. The van der Waals surface area contributed by atoms with Crippen LogP contribution in [0.3, 0.4) is 0 Å². The first-order chi connectivity index (χ1) is 13.0. The van der Waals surface area contributed by atoms with Crippen LogP contribution in [0.1, 0.15) is 11.1 Å². The van der Waals surface area contributed by atoms with E-state index in [2.05, 4.69) is 11.0 Å². The van der Waals surface area contributed by atoms with E-state index in [0.29, 0.717) is 18.7 Å². The Morgan fingerprint density at radius 3 is 2.41 bits per heavy atom. The first kappa shape index (κ1) is 18.8. The smallest absolute Gasteiger partial charge is 0.260 e. The molecule has 0 aromatic heterocycles. The molecule has 1 fully saturated rings. The fraction of sp³-hybridized carbons (Fsp3) is 0.300. The van der Waals surface area contributed by atoms with Crippen molar-refractivity contribution in [2.45, 2.75) is 6.54 Å². The van der Waals surface area contributed by atoms with Crippen LogP contribution in [0.15, 0.2) is 42.5 Å². The van der Waals surface area contributed by atoms with Gasteiger partial charge in [-0.25, -0.2) is 8.78 Å². The maximum Gasteiger partial charge on any atom is 0.260 e. The van der Waals surface area contributed by atoms with Crippen molar-refractivity contribution in [1.29, 1.82) is 5.26 Å². The summed E-state index contributed by atoms with van der Waals surface area (Å²) in [6.07, 6.45) is 0. The zero-order chi connectivity index (χ0) is 19.2. The van der Waals surface area contributed by atoms with Gasteiger partial charge < -0.3 is 9.64 Å². The number of carbonyl (C=O) groups excluding carboxylic acids is 1. The van der Waals surface area contributed by atoms with Crippen molar-refractivity contribution >= 4 is 5.91 Å². The molecule has 0 unspecified atom stereocenters. The highest BCUT2D eigenvalue weighted by atomic mass is 19.1. The molecular formula is C20H19F2N3O2. The third-order valence-electron chi connectivity index (χ3n) is 4.46. The molecule has 0 bridgehead atoms. The number of benzene rings is 2. The lowest BCUT2D eigenvalue weighted by Crippen LogP contribution is -2.49. The average molecular weight is 371 g/mol. The van der Waals surface area contributed by atoms with Crippen LogP contribution in [0, 0.1) is 23.0 Å². The molecule has 0 saturated carbocycles. The molecule has 3 rings (SSSR count). The largest absolute Gasteiger partial charge is 0.481 e. The summed E-state index contributed by atoms with van der Waals surface area (Å²) in [5.74, 6) is -1.87. The lowest BCUT2D eigenvalue weighted by Gasteiger charge is -2.34. The predicted octanol–water partition coefficient (Wildman–Crippen LogP) is 2.56. The number of rotatable bonds is 5. The number of amides is 1. The quantitative estimate of drug-likeness (QED) is 0.811. The highest BCUT2D eigenvalue weighted by molar-refractivity contribution is 5.77. The van der Waals surface area contributed by atoms with Crippen molar-refractivity contribution in [2.24, 2.45) is 0 Å². The average Bonchev–Trinajstić information content (AvgIpc) is 2.68. The van der Waals surface area contributed by atoms with Crippen molar-refractivity contribution in [3.63, 3.8) is 0 Å². The molecule has 140 valence electrons. The summed E-state index contributed by atoms with van der Waals surface area (Å²) in [5, 5.41) is 8.83. The molecule has 2 aromatic carbocycles. The van der Waals surface area contributed by atoms with Crippen LogP contribution in [0.5, 0.6) is 5.75 Å². The summed E-state index contributed by atoms with van der Waals surface area (Å²) in [4.78, 5) is 16.1. The number of nitriles is 1. The van der Waals surface area contributed by atoms with Gasteiger partial charge in [0.1, 0.15) is 5.82 Å². The molecule has 0 aliphatic carbocycles. The Morgan fingerprint density at radius 2 is 1.78 bits per heavy atom. The molecule has 1 aliphatic heterocycles. The van der Waals surface area contributed by atoms with E-state index in [1.807, 2.05) is 12.1 Å². The van der Waals surface area contributed by atoms with Crippen molar-refractivity contribution in [2.75, 3.05) is 32.8 Å². The fourth-order valence-electron chi connectivity index (χ4n) is 2.92. The lowest BCUT2D eigenvalue weighted by atomic mass is 10.1. The van der Waals surface area contributed by atoms with E-state index in [4.69, 9.17) is 10.00 Å². The van der Waals surface area contributed by atoms with Crippen molar-refractivity contribution in [3.8, 4) is 11.8 Å². The van der Waals surface area contributed by atoms with E-state index in [-0.39, 0.29) is 18.3 Å². The molecular weight excluding hydrogens is 352 g/mol. The topological polar surface area (TPSA) is 56.6 Å². The number of carbonyl (C=O) groups is 1. The van der Waals surface area contributed by atoms with Crippen molar-refractivity contribution < 1.29 is 18.3 Å². The molecule has 2 aromatic rings. The van der Waals surface area contributed by atoms with Crippen LogP contribution in [0.25, 0.3) is 0 Å². The molecule has 1 aliphatic rings. The first-order valence-corrected chi connectivity index (χ1v) is 8.62. The maximum absolute atomic E-state index is 13.5. The van der Waals surface area contributed by atoms with Gasteiger partial charge in [-0.1, -0.05) is 12.1 Å². The molecule has 1 heterocycles. The molecule has 0 N–H and O–H groups in total. The van der Waals surface area contributed by atoms with Crippen LogP contribution in [-0.4, -0.2) is 48.5 Å². The Kier molecular flexibility index (Phi) is 5.99. The van der Waals surface area contributed by atoms with Crippen LogP contribution >= 0.6 is 0 Å². The molecule has 0 spiro atoms. The number of ether oxygens (including phenoxy) is 1. The Hall–Kier alpha value is -2.98. The molecule has 0 atom stereocenters. The zero-order valence-electron chi connectivity index (χ0n) is 14.7. The minimum Gasteiger partial charge on any atom is -0.481 e. The van der Waals surface area contributed by atoms with Crippen LogP contribution in [0.2, 0.25) is 0 Å². The fourth-order valence-corrected chi connectivity index (χ4v) is 2.92. The third-order valence-corrected chi connectivity index (χ3v) is 4.46. The van der Waals surface area contributed by atoms with E-state index >= 15 is 0 Å². The van der Waals surface area contributed by atoms with E-state index in [9.17, 15) is 13.6 Å². The summed E-state index contributed by atoms with van der Waals surface area (Å²) >= 11 is 0. The Labute approximate surface area is 156 Å². The highest BCUT2D eigenvalue weighted by Gasteiger charge is 2.21. The van der Waals surface area contributed by atoms with Crippen LogP contribution in [0.4, 0.5) is 8.78 Å². The number of nitrogens with zero attached hydrogens (tertiary/aromatic N) is 3. The van der Waals surface area contributed by atoms with E-state index in [1.165, 1.54) is 6.07 Å². The number of piperazine rings is 1. The van der Waals surface area contributed by atoms with Crippen molar-refractivity contribution in [3.05, 3.63) is 65.2 Å². The van der Waals surface area contributed by atoms with Gasteiger partial charge >= 0.3 is 0 Å². The summed E-state index contributed by atoms with van der Waals surface area (Å²) in [6, 6.07) is 12.5. The molecule has 1 amide bonds.